The van der Waals surface area contributed by atoms with Crippen LogP contribution in [-0.2, 0) is 10.3 Å². The zero-order valence-electron chi connectivity index (χ0n) is 12.7. The van der Waals surface area contributed by atoms with Crippen molar-refractivity contribution in [3.05, 3.63) is 41.4 Å². The quantitative estimate of drug-likeness (QED) is 0.813. The normalized spacial score (nSPS) is 24.2. The molecule has 1 aromatic carbocycles. The molecule has 0 aromatic heterocycles. The van der Waals surface area contributed by atoms with Crippen molar-refractivity contribution in [3.63, 3.8) is 0 Å². The summed E-state index contributed by atoms with van der Waals surface area (Å²) < 4.78 is 47.6. The van der Waals surface area contributed by atoms with Gasteiger partial charge in [-0.15, -0.1) is 6.58 Å². The van der Waals surface area contributed by atoms with Crippen molar-refractivity contribution in [2.45, 2.75) is 30.7 Å². The number of carbonyl (C=O) groups is 1. The fraction of sp³-hybridized carbons (Fsp3) is 0.438. The van der Waals surface area contributed by atoms with E-state index < -0.39 is 24.4 Å². The number of benzene rings is 1. The monoisotopic (exact) mass is 360 g/mol. The van der Waals surface area contributed by atoms with Crippen LogP contribution in [0.5, 0.6) is 0 Å². The van der Waals surface area contributed by atoms with Crippen LogP contribution in [0, 0.1) is 0 Å². The molecule has 1 aromatic rings. The first-order valence-electron chi connectivity index (χ1n) is 7.48. The average molecular weight is 361 g/mol. The summed E-state index contributed by atoms with van der Waals surface area (Å²) >= 11 is 5.92. The van der Waals surface area contributed by atoms with Gasteiger partial charge < -0.3 is 15.0 Å². The standard InChI is InChI=1S/C16H16ClF3N2O2/c1-2-7-24-15(16(18,19)20)9-22(11-4-5-11)14(23)21-13-6-3-10(17)8-12(13)15/h2-3,6,8,11H,1,4-5,7,9H2,(H,21,23)/t15-/m1/s1. The van der Waals surface area contributed by atoms with E-state index in [1.165, 1.54) is 29.2 Å². The highest BCUT2D eigenvalue weighted by molar-refractivity contribution is 6.30. The van der Waals surface area contributed by atoms with E-state index in [9.17, 15) is 18.0 Å². The molecule has 1 fully saturated rings. The Morgan fingerprint density at radius 1 is 1.46 bits per heavy atom. The highest BCUT2D eigenvalue weighted by Gasteiger charge is 2.61. The minimum Gasteiger partial charge on any atom is -0.355 e. The number of nitrogens with one attached hydrogen (secondary N) is 1. The van der Waals surface area contributed by atoms with Gasteiger partial charge in [-0.1, -0.05) is 17.7 Å². The van der Waals surface area contributed by atoms with E-state index in [0.29, 0.717) is 12.8 Å². The molecule has 130 valence electrons. The average Bonchev–Trinajstić information content (AvgIpc) is 3.32. The van der Waals surface area contributed by atoms with Crippen molar-refractivity contribution in [2.24, 2.45) is 0 Å². The second-order valence-electron chi connectivity index (χ2n) is 5.90. The first-order valence-corrected chi connectivity index (χ1v) is 7.85. The van der Waals surface area contributed by atoms with Gasteiger partial charge in [0.2, 0.25) is 5.60 Å². The van der Waals surface area contributed by atoms with Crippen molar-refractivity contribution in [1.29, 1.82) is 0 Å². The maximum absolute atomic E-state index is 14.1. The van der Waals surface area contributed by atoms with Crippen LogP contribution >= 0.6 is 11.6 Å². The number of nitrogens with zero attached hydrogens (tertiary/aromatic N) is 1. The van der Waals surface area contributed by atoms with Gasteiger partial charge in [-0.25, -0.2) is 4.79 Å². The molecule has 2 aliphatic rings. The predicted molar refractivity (Wildman–Crippen MR) is 84.1 cm³/mol. The second kappa shape index (κ2) is 5.97. The number of urea groups is 1. The maximum Gasteiger partial charge on any atom is 0.423 e. The van der Waals surface area contributed by atoms with Crippen LogP contribution in [0.4, 0.5) is 23.7 Å². The zero-order chi connectivity index (χ0) is 17.5. The summed E-state index contributed by atoms with van der Waals surface area (Å²) in [4.78, 5) is 13.6. The summed E-state index contributed by atoms with van der Waals surface area (Å²) in [5, 5.41) is 2.68. The van der Waals surface area contributed by atoms with E-state index in [1.54, 1.807) is 0 Å². The van der Waals surface area contributed by atoms with Crippen LogP contribution in [0.1, 0.15) is 18.4 Å². The largest absolute Gasteiger partial charge is 0.423 e. The maximum atomic E-state index is 14.1. The first-order chi connectivity index (χ1) is 11.3. The third kappa shape index (κ3) is 2.86. The number of rotatable bonds is 4. The van der Waals surface area contributed by atoms with E-state index in [4.69, 9.17) is 16.3 Å². The molecule has 0 saturated heterocycles. The Morgan fingerprint density at radius 2 is 2.17 bits per heavy atom. The number of amides is 2. The Kier molecular flexibility index (Phi) is 4.25. The lowest BCUT2D eigenvalue weighted by atomic mass is 9.90. The number of fused-ring (bicyclic) bond motifs is 1. The molecule has 8 heteroatoms. The lowest BCUT2D eigenvalue weighted by Gasteiger charge is -2.38. The molecule has 1 aliphatic heterocycles. The zero-order valence-corrected chi connectivity index (χ0v) is 13.5. The van der Waals surface area contributed by atoms with E-state index >= 15 is 0 Å². The number of hydrogen-bond donors (Lipinski definition) is 1. The van der Waals surface area contributed by atoms with E-state index in [2.05, 4.69) is 11.9 Å². The van der Waals surface area contributed by atoms with Gasteiger partial charge in [-0.3, -0.25) is 0 Å². The van der Waals surface area contributed by atoms with Crippen molar-refractivity contribution in [3.8, 4) is 0 Å². The highest BCUT2D eigenvalue weighted by atomic mass is 35.5. The molecule has 3 rings (SSSR count). The Balaban J connectivity index is 2.19. The van der Waals surface area contributed by atoms with Crippen LogP contribution in [0.25, 0.3) is 0 Å². The molecule has 24 heavy (non-hydrogen) atoms. The van der Waals surface area contributed by atoms with Gasteiger partial charge in [0.05, 0.1) is 13.2 Å². The van der Waals surface area contributed by atoms with E-state index in [0.717, 1.165) is 0 Å². The topological polar surface area (TPSA) is 41.6 Å². The van der Waals surface area contributed by atoms with Gasteiger partial charge in [0.1, 0.15) is 0 Å². The van der Waals surface area contributed by atoms with Gasteiger partial charge in [-0.2, -0.15) is 13.2 Å². The molecular weight excluding hydrogens is 345 g/mol. The third-order valence-corrected chi connectivity index (χ3v) is 4.44. The minimum atomic E-state index is -4.74. The second-order valence-corrected chi connectivity index (χ2v) is 6.34. The highest BCUT2D eigenvalue weighted by Crippen LogP contribution is 2.49. The SMILES string of the molecule is C=CCO[C@]1(C(F)(F)F)CN(C2CC2)C(=O)Nc2ccc(Cl)cc21. The number of ether oxygens (including phenoxy) is 1. The number of carbonyl (C=O) groups excluding carboxylic acids is 1. The lowest BCUT2D eigenvalue weighted by molar-refractivity contribution is -0.284. The van der Waals surface area contributed by atoms with Crippen LogP contribution in [0.2, 0.25) is 5.02 Å². The van der Waals surface area contributed by atoms with E-state index in [-0.39, 0.29) is 28.9 Å². The number of hydrogen-bond acceptors (Lipinski definition) is 2. The third-order valence-electron chi connectivity index (χ3n) is 4.21. The molecular formula is C16H16ClF3N2O2. The molecule has 1 aliphatic carbocycles. The Bertz CT molecular complexity index is 676. The summed E-state index contributed by atoms with van der Waals surface area (Å²) in [7, 11) is 0. The molecule has 1 heterocycles. The summed E-state index contributed by atoms with van der Waals surface area (Å²) in [6, 6.07) is 3.23. The molecule has 1 atom stereocenters. The summed E-state index contributed by atoms with van der Waals surface area (Å²) in [5.74, 6) is 0. The van der Waals surface area contributed by atoms with Gasteiger partial charge in [0, 0.05) is 22.3 Å². The molecule has 0 spiro atoms. The molecule has 2 amide bonds. The minimum absolute atomic E-state index is 0.0499. The van der Waals surface area contributed by atoms with Gasteiger partial charge in [0.15, 0.2) is 0 Å². The van der Waals surface area contributed by atoms with Gasteiger partial charge >= 0.3 is 12.2 Å². The molecule has 0 radical (unpaired) electrons. The smallest absolute Gasteiger partial charge is 0.355 e. The van der Waals surface area contributed by atoms with Crippen LogP contribution in [-0.4, -0.2) is 36.3 Å². The Morgan fingerprint density at radius 3 is 2.75 bits per heavy atom. The summed E-state index contributed by atoms with van der Waals surface area (Å²) in [6.45, 7) is 2.50. The van der Waals surface area contributed by atoms with Crippen molar-refractivity contribution < 1.29 is 22.7 Å². The molecule has 4 nitrogen and oxygen atoms in total. The van der Waals surface area contributed by atoms with Crippen LogP contribution in [0.15, 0.2) is 30.9 Å². The summed E-state index contributed by atoms with van der Waals surface area (Å²) in [6.07, 6.45) is -2.13. The predicted octanol–water partition coefficient (Wildman–Crippen LogP) is 4.31. The number of anilines is 1. The lowest BCUT2D eigenvalue weighted by Crippen LogP contribution is -2.53. The van der Waals surface area contributed by atoms with Gasteiger partial charge in [0.25, 0.3) is 0 Å². The fourth-order valence-electron chi connectivity index (χ4n) is 2.87. The molecule has 0 bridgehead atoms. The van der Waals surface area contributed by atoms with Gasteiger partial charge in [-0.05, 0) is 31.0 Å². The van der Waals surface area contributed by atoms with E-state index in [1.807, 2.05) is 0 Å². The number of alkyl halides is 3. The van der Waals surface area contributed by atoms with Crippen molar-refractivity contribution in [2.75, 3.05) is 18.5 Å². The fourth-order valence-corrected chi connectivity index (χ4v) is 3.05. The van der Waals surface area contributed by atoms with Crippen molar-refractivity contribution in [1.82, 2.24) is 4.90 Å². The first kappa shape index (κ1) is 17.1. The molecule has 1 saturated carbocycles. The van der Waals surface area contributed by atoms with Crippen LogP contribution in [0.3, 0.4) is 0 Å². The summed E-state index contributed by atoms with van der Waals surface area (Å²) in [5.41, 5.74) is -2.81. The Labute approximate surface area is 142 Å². The molecule has 1 N–H and O–H groups in total. The number of halogens is 4. The Hall–Kier alpha value is -1.73. The molecule has 0 unspecified atom stereocenters. The van der Waals surface area contributed by atoms with Crippen LogP contribution < -0.4 is 5.32 Å². The van der Waals surface area contributed by atoms with Crippen molar-refractivity contribution >= 4 is 23.3 Å².